The maximum atomic E-state index is 12.5. The van der Waals surface area contributed by atoms with Crippen molar-refractivity contribution in [2.45, 2.75) is 38.8 Å². The summed E-state index contributed by atoms with van der Waals surface area (Å²) in [6.45, 7) is 2.61. The van der Waals surface area contributed by atoms with Gasteiger partial charge in [0.15, 0.2) is 35.4 Å². The highest BCUT2D eigenvalue weighted by molar-refractivity contribution is 8.76. The van der Waals surface area contributed by atoms with E-state index in [1.165, 1.54) is 0 Å². The summed E-state index contributed by atoms with van der Waals surface area (Å²) in [6.07, 6.45) is 14.4. The van der Waals surface area contributed by atoms with E-state index < -0.39 is 0 Å². The molecule has 2 aromatic carbocycles. The fourth-order valence-electron chi connectivity index (χ4n) is 6.08. The summed E-state index contributed by atoms with van der Waals surface area (Å²) >= 11 is 0. The number of hydrogen-bond donors (Lipinski definition) is 2. The molecule has 0 saturated carbocycles. The highest BCUT2D eigenvalue weighted by Gasteiger charge is 2.16. The lowest BCUT2D eigenvalue weighted by molar-refractivity contribution is -0.699. The molecule has 0 aliphatic carbocycles. The average molecular weight is 833 g/mol. The lowest BCUT2D eigenvalue weighted by Gasteiger charge is -2.13. The number of nitrogens with one attached hydrogen (secondary N) is 2. The van der Waals surface area contributed by atoms with Gasteiger partial charge in [-0.1, -0.05) is 21.6 Å². The zero-order valence-electron chi connectivity index (χ0n) is 34.3. The predicted octanol–water partition coefficient (Wildman–Crippen LogP) is 6.53. The molecular formula is C44H56N4O8S2+2. The zero-order chi connectivity index (χ0) is 41.5. The second kappa shape index (κ2) is 25.1. The third-order valence-electron chi connectivity index (χ3n) is 8.96. The zero-order valence-corrected chi connectivity index (χ0v) is 35.9. The van der Waals surface area contributed by atoms with E-state index in [1.54, 1.807) is 64.2 Å². The second-order valence-corrected chi connectivity index (χ2v) is 15.4. The van der Waals surface area contributed by atoms with Crippen LogP contribution in [-0.4, -0.2) is 79.1 Å². The van der Waals surface area contributed by atoms with Crippen LogP contribution in [0.3, 0.4) is 0 Å². The molecule has 2 heterocycles. The minimum Gasteiger partial charge on any atom is -0.493 e. The molecule has 0 spiro atoms. The van der Waals surface area contributed by atoms with E-state index >= 15 is 0 Å². The first-order valence-corrected chi connectivity index (χ1v) is 21.5. The van der Waals surface area contributed by atoms with Crippen LogP contribution in [0.4, 0.5) is 0 Å². The molecule has 0 aliphatic heterocycles. The van der Waals surface area contributed by atoms with Gasteiger partial charge in [-0.2, -0.15) is 9.13 Å². The number of nitrogens with zero attached hydrogens (tertiary/aromatic N) is 2. The molecule has 2 aromatic heterocycles. The standard InChI is InChI=1S/C44H54N4O8S2/c1-51-37-22-19-34(42(54-4)44(37)56-6)18-21-36-14-8-10-26-48(36)28-12-16-41(50)46-24-30-58-57-29-23-45-40(49)15-11-27-47-25-9-7-13-35(47)20-17-33-31-38(52-2)43(55-5)39(32-33)53-3/h7-10,13-14,17-22,25-26,31-32H,11-12,15-16,23-24,27-30H2,1-6H3/p+2/b20-17+,21-18+. The van der Waals surface area contributed by atoms with Crippen molar-refractivity contribution in [2.24, 2.45) is 0 Å². The van der Waals surface area contributed by atoms with Crippen LogP contribution in [0.2, 0.25) is 0 Å². The van der Waals surface area contributed by atoms with Crippen LogP contribution in [0.25, 0.3) is 24.3 Å². The van der Waals surface area contributed by atoms with E-state index in [0.717, 1.165) is 34.0 Å². The lowest BCUT2D eigenvalue weighted by atomic mass is 10.1. The highest BCUT2D eigenvalue weighted by Crippen LogP contribution is 2.41. The van der Waals surface area contributed by atoms with Crippen molar-refractivity contribution in [1.29, 1.82) is 0 Å². The number of hydrogen-bond acceptors (Lipinski definition) is 10. The summed E-state index contributed by atoms with van der Waals surface area (Å²) < 4.78 is 37.2. The summed E-state index contributed by atoms with van der Waals surface area (Å²) in [5.41, 5.74) is 3.79. The number of pyridine rings is 2. The number of rotatable bonds is 25. The first-order chi connectivity index (χ1) is 28.3. The van der Waals surface area contributed by atoms with E-state index in [9.17, 15) is 9.59 Å². The molecule has 0 fully saturated rings. The van der Waals surface area contributed by atoms with Gasteiger partial charge in [0.25, 0.3) is 0 Å². The molecule has 0 bridgehead atoms. The summed E-state index contributed by atoms with van der Waals surface area (Å²) in [4.78, 5) is 25.0. The molecule has 12 nitrogen and oxygen atoms in total. The van der Waals surface area contributed by atoms with E-state index in [-0.39, 0.29) is 11.8 Å². The minimum absolute atomic E-state index is 0.0388. The molecule has 0 unspecified atom stereocenters. The number of methoxy groups -OCH3 is 6. The van der Waals surface area contributed by atoms with Gasteiger partial charge in [0.1, 0.15) is 13.1 Å². The Morgan fingerprint density at radius 1 is 0.569 bits per heavy atom. The van der Waals surface area contributed by atoms with Gasteiger partial charge in [-0.25, -0.2) is 0 Å². The number of benzene rings is 2. The van der Waals surface area contributed by atoms with E-state index in [0.29, 0.717) is 86.4 Å². The van der Waals surface area contributed by atoms with Crippen LogP contribution in [0.1, 0.15) is 48.2 Å². The van der Waals surface area contributed by atoms with Gasteiger partial charge in [0.05, 0.1) is 42.7 Å². The average Bonchev–Trinajstić information content (AvgIpc) is 3.25. The molecular weight excluding hydrogens is 777 g/mol. The van der Waals surface area contributed by atoms with Gasteiger partial charge in [-0.3, -0.25) is 9.59 Å². The third-order valence-corrected chi connectivity index (χ3v) is 11.4. The number of carbonyl (C=O) groups is 2. The lowest BCUT2D eigenvalue weighted by Crippen LogP contribution is -2.37. The van der Waals surface area contributed by atoms with Crippen molar-refractivity contribution in [1.82, 2.24) is 10.6 Å². The van der Waals surface area contributed by atoms with Crippen molar-refractivity contribution in [3.63, 3.8) is 0 Å². The van der Waals surface area contributed by atoms with Crippen LogP contribution < -0.4 is 48.2 Å². The normalized spacial score (nSPS) is 11.1. The molecule has 4 rings (SSSR count). The predicted molar refractivity (Wildman–Crippen MR) is 233 cm³/mol. The number of aryl methyl sites for hydroxylation is 2. The van der Waals surface area contributed by atoms with Crippen molar-refractivity contribution < 1.29 is 47.1 Å². The Bertz CT molecular complexity index is 1970. The maximum Gasteiger partial charge on any atom is 0.220 e. The van der Waals surface area contributed by atoms with E-state index in [2.05, 4.69) is 19.8 Å². The Labute approximate surface area is 350 Å². The first-order valence-electron chi connectivity index (χ1n) is 19.1. The largest absolute Gasteiger partial charge is 0.493 e. The first kappa shape index (κ1) is 45.4. The number of ether oxygens (including phenoxy) is 6. The molecule has 2 N–H and O–H groups in total. The third kappa shape index (κ3) is 13.9. The van der Waals surface area contributed by atoms with Crippen molar-refractivity contribution in [2.75, 3.05) is 67.3 Å². The summed E-state index contributed by atoms with van der Waals surface area (Å²) in [5, 5.41) is 6.04. The molecule has 2 amide bonds. The number of carbonyl (C=O) groups excluding carboxylic acids is 2. The van der Waals surface area contributed by atoms with Crippen molar-refractivity contribution in [3.05, 3.63) is 95.6 Å². The van der Waals surface area contributed by atoms with Crippen molar-refractivity contribution in [3.8, 4) is 34.5 Å². The molecule has 0 atom stereocenters. The fraction of sp³-hybridized carbons (Fsp3) is 0.364. The Morgan fingerprint density at radius 2 is 1.07 bits per heavy atom. The second-order valence-electron chi connectivity index (χ2n) is 12.7. The van der Waals surface area contributed by atoms with Gasteiger partial charge in [0, 0.05) is 92.3 Å². The summed E-state index contributed by atoms with van der Waals surface area (Å²) in [6, 6.07) is 19.6. The topological polar surface area (TPSA) is 121 Å². The number of aromatic nitrogens is 2. The van der Waals surface area contributed by atoms with Crippen LogP contribution in [0.5, 0.6) is 34.5 Å². The Morgan fingerprint density at radius 3 is 1.55 bits per heavy atom. The molecule has 58 heavy (non-hydrogen) atoms. The van der Waals surface area contributed by atoms with Gasteiger partial charge >= 0.3 is 0 Å². The van der Waals surface area contributed by atoms with Gasteiger partial charge in [0.2, 0.25) is 34.7 Å². The molecule has 0 aliphatic rings. The Kier molecular flexibility index (Phi) is 19.6. The van der Waals surface area contributed by atoms with Crippen LogP contribution in [0, 0.1) is 0 Å². The summed E-state index contributed by atoms with van der Waals surface area (Å²) in [5.74, 6) is 5.14. The minimum atomic E-state index is 0.0388. The molecule has 310 valence electrons. The number of amides is 2. The van der Waals surface area contributed by atoms with Crippen LogP contribution in [-0.2, 0) is 22.7 Å². The Balaban J connectivity index is 1.08. The van der Waals surface area contributed by atoms with Crippen molar-refractivity contribution >= 4 is 57.7 Å². The van der Waals surface area contributed by atoms with Gasteiger partial charge < -0.3 is 39.1 Å². The molecule has 4 aromatic rings. The molecule has 14 heteroatoms. The Hall–Kier alpha value is -5.34. The monoisotopic (exact) mass is 832 g/mol. The van der Waals surface area contributed by atoms with E-state index in [1.807, 2.05) is 97.4 Å². The highest BCUT2D eigenvalue weighted by atomic mass is 33.1. The fourth-order valence-corrected chi connectivity index (χ4v) is 7.89. The summed E-state index contributed by atoms with van der Waals surface area (Å²) in [7, 11) is 12.9. The SMILES string of the molecule is COc1cc(/C=C/c2cccc[n+]2CCCC(=O)NCCSSCCNC(=O)CCC[n+]2ccccc2/C=C/c2ccc(OC)c(OC)c2OC)cc(OC)c1OC. The molecule has 0 saturated heterocycles. The van der Waals surface area contributed by atoms with E-state index in [4.69, 9.17) is 28.4 Å². The smallest absolute Gasteiger partial charge is 0.220 e. The van der Waals surface area contributed by atoms with Crippen LogP contribution in [0.15, 0.2) is 73.1 Å². The van der Waals surface area contributed by atoms with Gasteiger partial charge in [-0.15, -0.1) is 0 Å². The molecule has 0 radical (unpaired) electrons. The van der Waals surface area contributed by atoms with Gasteiger partial charge in [-0.05, 0) is 54.1 Å². The quantitative estimate of drug-likeness (QED) is 0.0434. The van der Waals surface area contributed by atoms with Crippen LogP contribution >= 0.6 is 21.6 Å². The maximum absolute atomic E-state index is 12.5.